The van der Waals surface area contributed by atoms with Crippen LogP contribution in [0.4, 0.5) is 4.39 Å². The van der Waals surface area contributed by atoms with Crippen molar-refractivity contribution in [2.45, 2.75) is 19.3 Å². The highest BCUT2D eigenvalue weighted by Gasteiger charge is 2.08. The molecule has 0 heterocycles. The van der Waals surface area contributed by atoms with Crippen LogP contribution in [0, 0.1) is 5.82 Å². The first-order chi connectivity index (χ1) is 8.63. The Labute approximate surface area is 108 Å². The third kappa shape index (κ3) is 5.27. The molecule has 0 spiro atoms. The van der Waals surface area contributed by atoms with Gasteiger partial charge in [0.2, 0.25) is 5.91 Å². The van der Waals surface area contributed by atoms with Crippen molar-refractivity contribution in [1.82, 2.24) is 10.2 Å². The van der Waals surface area contributed by atoms with Gasteiger partial charge in [-0.3, -0.25) is 4.79 Å². The fourth-order valence-corrected chi connectivity index (χ4v) is 1.72. The smallest absolute Gasteiger partial charge is 0.222 e. The number of rotatable bonds is 7. The number of carbonyl (C=O) groups is 1. The summed E-state index contributed by atoms with van der Waals surface area (Å²) in [5.74, 6) is -0.0860. The number of amides is 1. The zero-order valence-electron chi connectivity index (χ0n) is 11.1. The number of likely N-dealkylation sites (N-methyl/N-ethyl adjacent to an activating group) is 1. The van der Waals surface area contributed by atoms with Gasteiger partial charge in [-0.2, -0.15) is 0 Å². The monoisotopic (exact) mass is 252 g/mol. The average Bonchev–Trinajstić information content (AvgIpc) is 2.36. The van der Waals surface area contributed by atoms with Crippen molar-refractivity contribution in [1.29, 1.82) is 0 Å². The Morgan fingerprint density at radius 2 is 2.22 bits per heavy atom. The minimum atomic E-state index is -0.226. The summed E-state index contributed by atoms with van der Waals surface area (Å²) in [4.78, 5) is 13.4. The van der Waals surface area contributed by atoms with E-state index in [2.05, 4.69) is 5.32 Å². The highest BCUT2D eigenvalue weighted by molar-refractivity contribution is 5.75. The van der Waals surface area contributed by atoms with Gasteiger partial charge in [0, 0.05) is 20.0 Å². The number of hydrogen-bond donors (Lipinski definition) is 1. The van der Waals surface area contributed by atoms with Crippen LogP contribution in [0.5, 0.6) is 0 Å². The Morgan fingerprint density at radius 3 is 2.89 bits per heavy atom. The van der Waals surface area contributed by atoms with E-state index in [0.29, 0.717) is 19.4 Å². The molecule has 0 aliphatic rings. The van der Waals surface area contributed by atoms with Crippen LogP contribution in [0.2, 0.25) is 0 Å². The molecule has 0 radical (unpaired) electrons. The van der Waals surface area contributed by atoms with E-state index in [9.17, 15) is 9.18 Å². The standard InChI is InChI=1S/C14H21FN2O/c1-16-9-4-7-14(18)17(2)10-8-12-5-3-6-13(15)11-12/h3,5-6,11,16H,4,7-10H2,1-2H3. The van der Waals surface area contributed by atoms with E-state index in [4.69, 9.17) is 0 Å². The molecule has 0 fully saturated rings. The normalized spacial score (nSPS) is 10.4. The third-order valence-corrected chi connectivity index (χ3v) is 2.87. The largest absolute Gasteiger partial charge is 0.345 e. The van der Waals surface area contributed by atoms with Gasteiger partial charge in [0.25, 0.3) is 0 Å². The molecular formula is C14H21FN2O. The van der Waals surface area contributed by atoms with Crippen LogP contribution >= 0.6 is 0 Å². The molecule has 0 saturated heterocycles. The van der Waals surface area contributed by atoms with Gasteiger partial charge in [0.1, 0.15) is 5.82 Å². The Hall–Kier alpha value is -1.42. The number of hydrogen-bond acceptors (Lipinski definition) is 2. The molecule has 1 N–H and O–H groups in total. The molecule has 0 bridgehead atoms. The SMILES string of the molecule is CNCCCC(=O)N(C)CCc1cccc(F)c1. The van der Waals surface area contributed by atoms with Crippen LogP contribution in [0.3, 0.4) is 0 Å². The predicted molar refractivity (Wildman–Crippen MR) is 70.9 cm³/mol. The van der Waals surface area contributed by atoms with Gasteiger partial charge in [-0.15, -0.1) is 0 Å². The van der Waals surface area contributed by atoms with E-state index in [1.54, 1.807) is 18.0 Å². The first kappa shape index (κ1) is 14.6. The highest BCUT2D eigenvalue weighted by atomic mass is 19.1. The molecule has 4 heteroatoms. The minimum Gasteiger partial charge on any atom is -0.345 e. The number of benzene rings is 1. The zero-order valence-corrected chi connectivity index (χ0v) is 11.1. The second-order valence-corrected chi connectivity index (χ2v) is 4.40. The lowest BCUT2D eigenvalue weighted by molar-refractivity contribution is -0.129. The number of nitrogens with one attached hydrogen (secondary N) is 1. The van der Waals surface area contributed by atoms with Crippen molar-refractivity contribution in [3.63, 3.8) is 0 Å². The van der Waals surface area contributed by atoms with Crippen LogP contribution in [-0.2, 0) is 11.2 Å². The Kier molecular flexibility index (Phi) is 6.36. The molecule has 0 aliphatic heterocycles. The van der Waals surface area contributed by atoms with Crippen LogP contribution in [0.25, 0.3) is 0 Å². The highest BCUT2D eigenvalue weighted by Crippen LogP contribution is 2.05. The van der Waals surface area contributed by atoms with Crippen molar-refractivity contribution >= 4 is 5.91 Å². The molecule has 18 heavy (non-hydrogen) atoms. The maximum atomic E-state index is 13.0. The summed E-state index contributed by atoms with van der Waals surface area (Å²) < 4.78 is 13.0. The van der Waals surface area contributed by atoms with Crippen LogP contribution < -0.4 is 5.32 Å². The van der Waals surface area contributed by atoms with Crippen molar-refractivity contribution in [3.8, 4) is 0 Å². The number of carbonyl (C=O) groups excluding carboxylic acids is 1. The molecule has 0 unspecified atom stereocenters. The molecular weight excluding hydrogens is 231 g/mol. The second kappa shape index (κ2) is 7.82. The van der Waals surface area contributed by atoms with Crippen LogP contribution in [-0.4, -0.2) is 38.0 Å². The lowest BCUT2D eigenvalue weighted by atomic mass is 10.1. The van der Waals surface area contributed by atoms with Gasteiger partial charge in [-0.25, -0.2) is 4.39 Å². The first-order valence-corrected chi connectivity index (χ1v) is 6.26. The second-order valence-electron chi connectivity index (χ2n) is 4.40. The Balaban J connectivity index is 2.32. The topological polar surface area (TPSA) is 32.3 Å². The summed E-state index contributed by atoms with van der Waals surface area (Å²) in [7, 11) is 3.67. The van der Waals surface area contributed by atoms with Crippen molar-refractivity contribution in [3.05, 3.63) is 35.6 Å². The number of halogens is 1. The summed E-state index contributed by atoms with van der Waals surface area (Å²) in [6, 6.07) is 6.51. The van der Waals surface area contributed by atoms with Crippen molar-refractivity contribution < 1.29 is 9.18 Å². The molecule has 1 rings (SSSR count). The summed E-state index contributed by atoms with van der Waals surface area (Å²) >= 11 is 0. The van der Waals surface area contributed by atoms with Gasteiger partial charge in [0.15, 0.2) is 0 Å². The zero-order chi connectivity index (χ0) is 13.4. The molecule has 3 nitrogen and oxygen atoms in total. The van der Waals surface area contributed by atoms with E-state index in [1.165, 1.54) is 12.1 Å². The van der Waals surface area contributed by atoms with Gasteiger partial charge >= 0.3 is 0 Å². The van der Waals surface area contributed by atoms with Gasteiger partial charge < -0.3 is 10.2 Å². The van der Waals surface area contributed by atoms with Crippen LogP contribution in [0.1, 0.15) is 18.4 Å². The van der Waals surface area contributed by atoms with E-state index >= 15 is 0 Å². The van der Waals surface area contributed by atoms with E-state index in [-0.39, 0.29) is 11.7 Å². The van der Waals surface area contributed by atoms with Crippen molar-refractivity contribution in [2.24, 2.45) is 0 Å². The van der Waals surface area contributed by atoms with E-state index < -0.39 is 0 Å². The van der Waals surface area contributed by atoms with Gasteiger partial charge in [-0.1, -0.05) is 12.1 Å². The maximum Gasteiger partial charge on any atom is 0.222 e. The lowest BCUT2D eigenvalue weighted by Crippen LogP contribution is -2.29. The van der Waals surface area contributed by atoms with Crippen LogP contribution in [0.15, 0.2) is 24.3 Å². The average molecular weight is 252 g/mol. The summed E-state index contributed by atoms with van der Waals surface area (Å²) in [5.41, 5.74) is 0.921. The summed E-state index contributed by atoms with van der Waals surface area (Å²) in [6.07, 6.45) is 2.09. The summed E-state index contributed by atoms with van der Waals surface area (Å²) in [6.45, 7) is 1.48. The Bertz CT molecular complexity index is 382. The van der Waals surface area contributed by atoms with E-state index in [0.717, 1.165) is 18.5 Å². The molecule has 1 aromatic carbocycles. The molecule has 0 saturated carbocycles. The molecule has 0 atom stereocenters. The molecule has 1 aromatic rings. The first-order valence-electron chi connectivity index (χ1n) is 6.26. The molecule has 0 aliphatic carbocycles. The Morgan fingerprint density at radius 1 is 1.44 bits per heavy atom. The quantitative estimate of drug-likeness (QED) is 0.751. The maximum absolute atomic E-state index is 13.0. The van der Waals surface area contributed by atoms with Gasteiger partial charge in [-0.05, 0) is 44.1 Å². The molecule has 100 valence electrons. The van der Waals surface area contributed by atoms with Crippen molar-refractivity contribution in [2.75, 3.05) is 27.2 Å². The summed E-state index contributed by atoms with van der Waals surface area (Å²) in [5, 5.41) is 3.01. The predicted octanol–water partition coefficient (Wildman–Crippen LogP) is 1.83. The fourth-order valence-electron chi connectivity index (χ4n) is 1.72. The number of nitrogens with zero attached hydrogens (tertiary/aromatic N) is 1. The molecule has 0 aromatic heterocycles. The van der Waals surface area contributed by atoms with Gasteiger partial charge in [0.05, 0.1) is 0 Å². The lowest BCUT2D eigenvalue weighted by Gasteiger charge is -2.17. The molecule has 1 amide bonds. The van der Waals surface area contributed by atoms with E-state index in [1.807, 2.05) is 13.1 Å². The fraction of sp³-hybridized carbons (Fsp3) is 0.500. The minimum absolute atomic E-state index is 0.140. The third-order valence-electron chi connectivity index (χ3n) is 2.87.